The highest BCUT2D eigenvalue weighted by molar-refractivity contribution is 7.89. The lowest BCUT2D eigenvalue weighted by Crippen LogP contribution is -2.49. The van der Waals surface area contributed by atoms with Gasteiger partial charge in [-0.25, -0.2) is 8.42 Å². The summed E-state index contributed by atoms with van der Waals surface area (Å²) in [6, 6.07) is 2.28. The van der Waals surface area contributed by atoms with Gasteiger partial charge >= 0.3 is 0 Å². The Balaban J connectivity index is 1.70. The van der Waals surface area contributed by atoms with Crippen molar-refractivity contribution in [1.82, 2.24) is 9.21 Å². The maximum absolute atomic E-state index is 12.4. The van der Waals surface area contributed by atoms with Crippen LogP contribution in [0.2, 0.25) is 0 Å². The van der Waals surface area contributed by atoms with Crippen LogP contribution in [0.1, 0.15) is 17.7 Å². The molecule has 1 aliphatic heterocycles. The largest absolute Gasteiger partial charge is 0.391 e. The van der Waals surface area contributed by atoms with Gasteiger partial charge in [0.1, 0.15) is 0 Å². The van der Waals surface area contributed by atoms with Gasteiger partial charge in [-0.2, -0.15) is 4.31 Å². The fourth-order valence-corrected chi connectivity index (χ4v) is 5.02. The Hall–Kier alpha value is -0.470. The predicted octanol–water partition coefficient (Wildman–Crippen LogP) is 0.709. The summed E-state index contributed by atoms with van der Waals surface area (Å²) in [7, 11) is -3.37. The van der Waals surface area contributed by atoms with Crippen LogP contribution in [-0.2, 0) is 16.6 Å². The van der Waals surface area contributed by atoms with Gasteiger partial charge in [0.05, 0.1) is 11.5 Å². The first kappa shape index (κ1) is 13.5. The average Bonchev–Trinajstić information content (AvgIpc) is 3.15. The lowest BCUT2D eigenvalue weighted by molar-refractivity contribution is 0.180. The van der Waals surface area contributed by atoms with Gasteiger partial charge in [0, 0.05) is 42.5 Å². The molecule has 1 aromatic rings. The van der Waals surface area contributed by atoms with Crippen LogP contribution in [0.15, 0.2) is 16.3 Å². The standard InChI is InChI=1S/C12H18N2O3S2/c15-8-11-7-12(9-18-11)19(16,17)14-5-3-13(4-6-14)10-1-2-10/h7,9-10,15H,1-6,8H2. The molecule has 106 valence electrons. The molecule has 3 rings (SSSR count). The topological polar surface area (TPSA) is 60.9 Å². The molecule has 2 heterocycles. The highest BCUT2D eigenvalue weighted by Crippen LogP contribution is 2.29. The van der Waals surface area contributed by atoms with Crippen LogP contribution in [0.5, 0.6) is 0 Å². The quantitative estimate of drug-likeness (QED) is 0.890. The van der Waals surface area contributed by atoms with Crippen LogP contribution in [0.3, 0.4) is 0 Å². The van der Waals surface area contributed by atoms with Crippen molar-refractivity contribution in [3.05, 3.63) is 16.3 Å². The zero-order chi connectivity index (χ0) is 13.5. The zero-order valence-corrected chi connectivity index (χ0v) is 12.3. The number of thiophene rings is 1. The summed E-state index contributed by atoms with van der Waals surface area (Å²) in [6.07, 6.45) is 2.52. The number of hydrogen-bond acceptors (Lipinski definition) is 5. The van der Waals surface area contributed by atoms with E-state index in [1.165, 1.54) is 24.2 Å². The van der Waals surface area contributed by atoms with E-state index in [1.54, 1.807) is 15.8 Å². The number of sulfonamides is 1. The molecule has 0 aromatic carbocycles. The highest BCUT2D eigenvalue weighted by atomic mass is 32.2. The molecule has 1 aliphatic carbocycles. The van der Waals surface area contributed by atoms with Crippen molar-refractivity contribution in [3.63, 3.8) is 0 Å². The molecule has 1 saturated heterocycles. The second kappa shape index (κ2) is 5.14. The number of rotatable bonds is 4. The van der Waals surface area contributed by atoms with Gasteiger partial charge in [-0.3, -0.25) is 4.90 Å². The minimum absolute atomic E-state index is 0.102. The molecule has 1 aromatic heterocycles. The number of aliphatic hydroxyl groups excluding tert-OH is 1. The van der Waals surface area contributed by atoms with Gasteiger partial charge in [-0.15, -0.1) is 11.3 Å². The van der Waals surface area contributed by atoms with Crippen molar-refractivity contribution < 1.29 is 13.5 Å². The number of hydrogen-bond donors (Lipinski definition) is 1. The van der Waals surface area contributed by atoms with Crippen LogP contribution < -0.4 is 0 Å². The van der Waals surface area contributed by atoms with Gasteiger partial charge in [-0.1, -0.05) is 0 Å². The van der Waals surface area contributed by atoms with E-state index in [2.05, 4.69) is 4.90 Å². The van der Waals surface area contributed by atoms with Gasteiger partial charge in [-0.05, 0) is 18.9 Å². The average molecular weight is 302 g/mol. The third kappa shape index (κ3) is 2.71. The second-order valence-electron chi connectivity index (χ2n) is 5.08. The molecule has 0 bridgehead atoms. The van der Waals surface area contributed by atoms with Gasteiger partial charge in [0.15, 0.2) is 0 Å². The Morgan fingerprint density at radius 3 is 2.47 bits per heavy atom. The SMILES string of the molecule is O=S(=O)(c1csc(CO)c1)N1CCN(C2CC2)CC1. The molecule has 19 heavy (non-hydrogen) atoms. The summed E-state index contributed by atoms with van der Waals surface area (Å²) in [5.74, 6) is 0. The summed E-state index contributed by atoms with van der Waals surface area (Å²) < 4.78 is 26.4. The zero-order valence-electron chi connectivity index (χ0n) is 10.7. The van der Waals surface area contributed by atoms with Crippen molar-refractivity contribution in [3.8, 4) is 0 Å². The van der Waals surface area contributed by atoms with Crippen molar-refractivity contribution >= 4 is 21.4 Å². The van der Waals surface area contributed by atoms with E-state index in [9.17, 15) is 8.42 Å². The van der Waals surface area contributed by atoms with Crippen molar-refractivity contribution in [2.24, 2.45) is 0 Å². The first-order valence-corrected chi connectivity index (χ1v) is 8.85. The van der Waals surface area contributed by atoms with E-state index in [-0.39, 0.29) is 6.61 Å². The third-order valence-electron chi connectivity index (χ3n) is 3.76. The van der Waals surface area contributed by atoms with Gasteiger partial charge in [0.2, 0.25) is 10.0 Å². The lowest BCUT2D eigenvalue weighted by Gasteiger charge is -2.33. The summed E-state index contributed by atoms with van der Waals surface area (Å²) in [6.45, 7) is 2.71. The Morgan fingerprint density at radius 2 is 1.95 bits per heavy atom. The van der Waals surface area contributed by atoms with Crippen LogP contribution in [-0.4, -0.2) is 55.0 Å². The van der Waals surface area contributed by atoms with Crippen molar-refractivity contribution in [2.45, 2.75) is 30.4 Å². The minimum atomic E-state index is -3.37. The highest BCUT2D eigenvalue weighted by Gasteiger charge is 2.35. The Bertz CT molecular complexity index is 543. The third-order valence-corrected chi connectivity index (χ3v) is 6.71. The minimum Gasteiger partial charge on any atom is -0.391 e. The van der Waals surface area contributed by atoms with Gasteiger partial charge < -0.3 is 5.11 Å². The molecule has 1 N–H and O–H groups in total. The molecule has 0 amide bonds. The molecule has 0 spiro atoms. The molecule has 2 aliphatic rings. The van der Waals surface area contributed by atoms with E-state index >= 15 is 0 Å². The van der Waals surface area contributed by atoms with E-state index in [4.69, 9.17) is 5.11 Å². The van der Waals surface area contributed by atoms with E-state index in [1.807, 2.05) is 0 Å². The Labute approximate surface area is 117 Å². The maximum atomic E-state index is 12.4. The predicted molar refractivity (Wildman–Crippen MR) is 73.6 cm³/mol. The van der Waals surface area contributed by atoms with Gasteiger partial charge in [0.25, 0.3) is 0 Å². The molecule has 2 fully saturated rings. The molecule has 0 radical (unpaired) electrons. The summed E-state index contributed by atoms with van der Waals surface area (Å²) >= 11 is 1.29. The molecule has 0 atom stereocenters. The van der Waals surface area contributed by atoms with Crippen LogP contribution in [0, 0.1) is 0 Å². The van der Waals surface area contributed by atoms with Crippen molar-refractivity contribution in [1.29, 1.82) is 0 Å². The molecular formula is C12H18N2O3S2. The Kier molecular flexibility index (Phi) is 3.65. The smallest absolute Gasteiger partial charge is 0.243 e. The number of piperazine rings is 1. The molecule has 0 unspecified atom stereocenters. The monoisotopic (exact) mass is 302 g/mol. The molecule has 7 heteroatoms. The van der Waals surface area contributed by atoms with Crippen LogP contribution in [0.4, 0.5) is 0 Å². The number of aliphatic hydroxyl groups is 1. The second-order valence-corrected chi connectivity index (χ2v) is 8.01. The number of nitrogens with zero attached hydrogens (tertiary/aromatic N) is 2. The summed E-state index contributed by atoms with van der Waals surface area (Å²) in [4.78, 5) is 3.40. The van der Waals surface area contributed by atoms with Crippen molar-refractivity contribution in [2.75, 3.05) is 26.2 Å². The fraction of sp³-hybridized carbons (Fsp3) is 0.667. The molecule has 1 saturated carbocycles. The Morgan fingerprint density at radius 1 is 1.26 bits per heavy atom. The normalized spacial score (nSPS) is 22.8. The summed E-state index contributed by atoms with van der Waals surface area (Å²) in [5.41, 5.74) is 0. The summed E-state index contributed by atoms with van der Waals surface area (Å²) in [5, 5.41) is 10.6. The van der Waals surface area contributed by atoms with Crippen LogP contribution in [0.25, 0.3) is 0 Å². The molecular weight excluding hydrogens is 284 g/mol. The lowest BCUT2D eigenvalue weighted by atomic mass is 10.3. The van der Waals surface area contributed by atoms with E-state index in [0.717, 1.165) is 13.1 Å². The fourth-order valence-electron chi connectivity index (χ4n) is 2.48. The molecule has 5 nitrogen and oxygen atoms in total. The van der Waals surface area contributed by atoms with E-state index < -0.39 is 10.0 Å². The first-order valence-electron chi connectivity index (χ1n) is 6.54. The van der Waals surface area contributed by atoms with E-state index in [0.29, 0.717) is 28.9 Å². The maximum Gasteiger partial charge on any atom is 0.243 e. The first-order chi connectivity index (χ1) is 9.11. The van der Waals surface area contributed by atoms with Crippen LogP contribution >= 0.6 is 11.3 Å².